The molecule has 0 saturated heterocycles. The van der Waals surface area contributed by atoms with Gasteiger partial charge in [0.05, 0.1) is 4.92 Å². The van der Waals surface area contributed by atoms with Crippen molar-refractivity contribution in [2.45, 2.75) is 12.8 Å². The van der Waals surface area contributed by atoms with E-state index in [-0.39, 0.29) is 30.0 Å². The minimum atomic E-state index is -0.623. The summed E-state index contributed by atoms with van der Waals surface area (Å²) in [6.45, 7) is 0. The van der Waals surface area contributed by atoms with Crippen LogP contribution in [0.1, 0.15) is 23.2 Å². The summed E-state index contributed by atoms with van der Waals surface area (Å²) < 4.78 is 0. The minimum Gasteiger partial charge on any atom is -0.326 e. The van der Waals surface area contributed by atoms with Crippen LogP contribution in [0.2, 0.25) is 0 Å². The van der Waals surface area contributed by atoms with Gasteiger partial charge in [-0.1, -0.05) is 18.2 Å². The molecule has 0 heterocycles. The lowest BCUT2D eigenvalue weighted by Gasteiger charge is -2.08. The van der Waals surface area contributed by atoms with Gasteiger partial charge in [-0.25, -0.2) is 0 Å². The highest BCUT2D eigenvalue weighted by Crippen LogP contribution is 2.11. The highest BCUT2D eigenvalue weighted by atomic mass is 16.6. The fourth-order valence-corrected chi connectivity index (χ4v) is 1.97. The van der Waals surface area contributed by atoms with Crippen LogP contribution in [0.3, 0.4) is 0 Å². The van der Waals surface area contributed by atoms with Crippen LogP contribution in [0.4, 0.5) is 11.4 Å². The van der Waals surface area contributed by atoms with E-state index >= 15 is 0 Å². The largest absolute Gasteiger partial charge is 0.326 e. The number of hydrogen-bond donors (Lipinski definition) is 3. The molecular weight excluding hydrogens is 340 g/mol. The zero-order chi connectivity index (χ0) is 18.9. The van der Waals surface area contributed by atoms with Crippen LogP contribution in [-0.4, -0.2) is 22.6 Å². The van der Waals surface area contributed by atoms with Gasteiger partial charge in [-0.2, -0.15) is 0 Å². The van der Waals surface area contributed by atoms with Gasteiger partial charge >= 0.3 is 0 Å². The number of para-hydroxylation sites is 1. The summed E-state index contributed by atoms with van der Waals surface area (Å²) in [5, 5.41) is 13.2. The lowest BCUT2D eigenvalue weighted by Crippen LogP contribution is -2.41. The van der Waals surface area contributed by atoms with Gasteiger partial charge in [0.2, 0.25) is 11.8 Å². The van der Waals surface area contributed by atoms with E-state index in [2.05, 4.69) is 16.2 Å². The number of carbonyl (C=O) groups excluding carboxylic acids is 3. The molecule has 134 valence electrons. The second kappa shape index (κ2) is 8.92. The van der Waals surface area contributed by atoms with E-state index < -0.39 is 16.7 Å². The Morgan fingerprint density at radius 1 is 0.846 bits per heavy atom. The van der Waals surface area contributed by atoms with Crippen molar-refractivity contribution in [3.8, 4) is 0 Å². The summed E-state index contributed by atoms with van der Waals surface area (Å²) in [5.74, 6) is -1.49. The molecule has 2 aromatic rings. The molecule has 0 spiro atoms. The first kappa shape index (κ1) is 18.6. The number of rotatable bonds is 6. The molecule has 0 unspecified atom stereocenters. The molecule has 0 fully saturated rings. The van der Waals surface area contributed by atoms with E-state index in [0.29, 0.717) is 5.69 Å². The van der Waals surface area contributed by atoms with Crippen molar-refractivity contribution in [2.24, 2.45) is 0 Å². The molecule has 0 aromatic heterocycles. The third-order valence-electron chi connectivity index (χ3n) is 3.29. The lowest BCUT2D eigenvalue weighted by atomic mass is 10.2. The molecule has 0 aliphatic rings. The Morgan fingerprint density at radius 3 is 2.08 bits per heavy atom. The van der Waals surface area contributed by atoms with Crippen LogP contribution in [0, 0.1) is 10.1 Å². The number of amides is 3. The van der Waals surface area contributed by atoms with E-state index in [1.807, 2.05) is 6.07 Å². The molecule has 9 nitrogen and oxygen atoms in total. The molecule has 0 radical (unpaired) electrons. The Morgan fingerprint density at radius 2 is 1.46 bits per heavy atom. The molecule has 0 saturated carbocycles. The van der Waals surface area contributed by atoms with E-state index in [0.717, 1.165) is 0 Å². The van der Waals surface area contributed by atoms with Gasteiger partial charge in [-0.3, -0.25) is 35.3 Å². The number of nitro benzene ring substituents is 1. The summed E-state index contributed by atoms with van der Waals surface area (Å²) in [6.07, 6.45) is -0.159. The van der Waals surface area contributed by atoms with Crippen LogP contribution in [0.15, 0.2) is 54.6 Å². The molecule has 3 amide bonds. The van der Waals surface area contributed by atoms with Crippen molar-refractivity contribution in [1.82, 2.24) is 10.9 Å². The number of carbonyl (C=O) groups is 3. The number of nitrogens with one attached hydrogen (secondary N) is 3. The summed E-state index contributed by atoms with van der Waals surface area (Å²) in [4.78, 5) is 45.2. The first-order valence-corrected chi connectivity index (χ1v) is 7.64. The van der Waals surface area contributed by atoms with Crippen molar-refractivity contribution in [2.75, 3.05) is 5.32 Å². The van der Waals surface area contributed by atoms with Crippen molar-refractivity contribution >= 4 is 29.1 Å². The topological polar surface area (TPSA) is 130 Å². The van der Waals surface area contributed by atoms with Crippen molar-refractivity contribution in [3.05, 3.63) is 70.3 Å². The van der Waals surface area contributed by atoms with Crippen LogP contribution in [-0.2, 0) is 9.59 Å². The number of anilines is 1. The average Bonchev–Trinajstić information content (AvgIpc) is 2.65. The molecule has 3 N–H and O–H groups in total. The normalized spacial score (nSPS) is 9.85. The average molecular weight is 356 g/mol. The lowest BCUT2D eigenvalue weighted by molar-refractivity contribution is -0.384. The quantitative estimate of drug-likeness (QED) is 0.536. The molecule has 2 aromatic carbocycles. The zero-order valence-electron chi connectivity index (χ0n) is 13.6. The summed E-state index contributed by atoms with van der Waals surface area (Å²) in [5.41, 5.74) is 5.00. The first-order chi connectivity index (χ1) is 12.5. The van der Waals surface area contributed by atoms with E-state index in [4.69, 9.17) is 0 Å². The predicted octanol–water partition coefficient (Wildman–Crippen LogP) is 1.77. The van der Waals surface area contributed by atoms with Crippen LogP contribution in [0.5, 0.6) is 0 Å². The van der Waals surface area contributed by atoms with Gasteiger partial charge < -0.3 is 5.32 Å². The minimum absolute atomic E-state index is 0.0475. The van der Waals surface area contributed by atoms with Gasteiger partial charge in [0.25, 0.3) is 11.6 Å². The Kier molecular flexibility index (Phi) is 6.38. The molecule has 0 aliphatic carbocycles. The third-order valence-corrected chi connectivity index (χ3v) is 3.29. The maximum Gasteiger partial charge on any atom is 0.269 e. The summed E-state index contributed by atoms with van der Waals surface area (Å²) >= 11 is 0. The molecule has 9 heteroatoms. The summed E-state index contributed by atoms with van der Waals surface area (Å²) in [7, 11) is 0. The van der Waals surface area contributed by atoms with E-state index in [1.165, 1.54) is 24.3 Å². The summed E-state index contributed by atoms with van der Waals surface area (Å²) in [6, 6.07) is 13.7. The second-order valence-electron chi connectivity index (χ2n) is 5.22. The van der Waals surface area contributed by atoms with Gasteiger partial charge in [0, 0.05) is 36.2 Å². The van der Waals surface area contributed by atoms with Crippen molar-refractivity contribution < 1.29 is 19.3 Å². The molecule has 2 rings (SSSR count). The number of nitrogens with zero attached hydrogens (tertiary/aromatic N) is 1. The third kappa shape index (κ3) is 5.71. The van der Waals surface area contributed by atoms with Crippen molar-refractivity contribution in [1.29, 1.82) is 0 Å². The molecule has 0 atom stereocenters. The predicted molar refractivity (Wildman–Crippen MR) is 93.0 cm³/mol. The number of nitro groups is 1. The number of hydrogen-bond acceptors (Lipinski definition) is 5. The van der Waals surface area contributed by atoms with Crippen LogP contribution < -0.4 is 16.2 Å². The highest BCUT2D eigenvalue weighted by Gasteiger charge is 2.11. The SMILES string of the molecule is O=C(CCC(=O)Nc1ccccc1)NNC(=O)c1ccc([N+](=O)[O-])cc1. The fraction of sp³-hybridized carbons (Fsp3) is 0.118. The molecular formula is C17H16N4O5. The monoisotopic (exact) mass is 356 g/mol. The standard InChI is InChI=1S/C17H16N4O5/c22-15(18-13-4-2-1-3-5-13)10-11-16(23)19-20-17(24)12-6-8-14(9-7-12)21(25)26/h1-9H,10-11H2,(H,18,22)(H,19,23)(H,20,24). The smallest absolute Gasteiger partial charge is 0.269 e. The van der Waals surface area contributed by atoms with E-state index in [9.17, 15) is 24.5 Å². The Balaban J connectivity index is 1.73. The maximum absolute atomic E-state index is 11.8. The number of hydrazine groups is 1. The van der Waals surface area contributed by atoms with Gasteiger partial charge in [-0.05, 0) is 24.3 Å². The number of non-ortho nitro benzene ring substituents is 1. The highest BCUT2D eigenvalue weighted by molar-refractivity contribution is 5.96. The van der Waals surface area contributed by atoms with Crippen LogP contribution >= 0.6 is 0 Å². The fourth-order valence-electron chi connectivity index (χ4n) is 1.97. The zero-order valence-corrected chi connectivity index (χ0v) is 13.6. The second-order valence-corrected chi connectivity index (χ2v) is 5.22. The Hall–Kier alpha value is -3.75. The van der Waals surface area contributed by atoms with Gasteiger partial charge in [0.15, 0.2) is 0 Å². The molecule has 0 aliphatic heterocycles. The van der Waals surface area contributed by atoms with Crippen molar-refractivity contribution in [3.63, 3.8) is 0 Å². The molecule has 0 bridgehead atoms. The van der Waals surface area contributed by atoms with E-state index in [1.54, 1.807) is 24.3 Å². The molecule has 26 heavy (non-hydrogen) atoms. The Bertz CT molecular complexity index is 806. The maximum atomic E-state index is 11.8. The Labute approximate surface area is 148 Å². The van der Waals surface area contributed by atoms with Gasteiger partial charge in [0.1, 0.15) is 0 Å². The van der Waals surface area contributed by atoms with Crippen LogP contribution in [0.25, 0.3) is 0 Å². The van der Waals surface area contributed by atoms with Gasteiger partial charge in [-0.15, -0.1) is 0 Å². The first-order valence-electron chi connectivity index (χ1n) is 7.64. The number of benzene rings is 2.